The maximum absolute atomic E-state index is 14.7. The number of benzene rings is 4. The second kappa shape index (κ2) is 16.7. The Labute approximate surface area is 293 Å². The first-order valence-electron chi connectivity index (χ1n) is 16.4. The van der Waals surface area contributed by atoms with Gasteiger partial charge in [-0.3, -0.25) is 13.9 Å². The molecular formula is C38H42ClN3O6S. The molecule has 0 aromatic heterocycles. The smallest absolute Gasteiger partial charge is 0.264 e. The van der Waals surface area contributed by atoms with E-state index in [0.717, 1.165) is 42.0 Å². The lowest BCUT2D eigenvalue weighted by Gasteiger charge is -2.35. The summed E-state index contributed by atoms with van der Waals surface area (Å²) in [5.74, 6) is -0.232. The van der Waals surface area contributed by atoms with Gasteiger partial charge in [-0.25, -0.2) is 8.42 Å². The van der Waals surface area contributed by atoms with Gasteiger partial charge in [-0.1, -0.05) is 91.5 Å². The van der Waals surface area contributed by atoms with Crippen LogP contribution in [0.1, 0.15) is 43.2 Å². The number of rotatable bonds is 14. The summed E-state index contributed by atoms with van der Waals surface area (Å²) in [6.07, 6.45) is 5.16. The minimum Gasteiger partial charge on any atom is -0.493 e. The molecule has 1 saturated carbocycles. The number of nitrogens with zero attached hydrogens (tertiary/aromatic N) is 2. The maximum atomic E-state index is 14.7. The molecule has 258 valence electrons. The molecule has 5 rings (SSSR count). The quantitative estimate of drug-likeness (QED) is 0.158. The Bertz CT molecular complexity index is 1820. The standard InChI is InChI=1S/C38H42ClN3O6S/c1-47-35-22-21-33(25-36(35)48-2)49(45,46)42(32-19-10-5-11-20-32)27-37(43)41(26-29-15-12-16-30(39)23-29)34(24-28-13-6-3-7-14-28)38(44)40-31-17-8-4-9-18-31/h3,5-7,10-16,19-23,25,31,34H,4,8-9,17-18,24,26-27H2,1-2H3,(H,40,44). The molecule has 4 aromatic rings. The Hall–Kier alpha value is -4.54. The zero-order valence-corrected chi connectivity index (χ0v) is 29.3. The van der Waals surface area contributed by atoms with Crippen molar-refractivity contribution in [3.05, 3.63) is 119 Å². The highest BCUT2D eigenvalue weighted by molar-refractivity contribution is 7.92. The fourth-order valence-electron chi connectivity index (χ4n) is 6.16. The van der Waals surface area contributed by atoms with Crippen LogP contribution < -0.4 is 19.1 Å². The van der Waals surface area contributed by atoms with Crippen molar-refractivity contribution in [1.82, 2.24) is 10.2 Å². The number of ether oxygens (including phenoxy) is 2. The van der Waals surface area contributed by atoms with E-state index in [-0.39, 0.29) is 35.6 Å². The van der Waals surface area contributed by atoms with E-state index in [9.17, 15) is 18.0 Å². The predicted octanol–water partition coefficient (Wildman–Crippen LogP) is 6.64. The van der Waals surface area contributed by atoms with Crippen LogP contribution in [0, 0.1) is 0 Å². The van der Waals surface area contributed by atoms with E-state index in [1.807, 2.05) is 36.4 Å². The van der Waals surface area contributed by atoms with Crippen molar-refractivity contribution in [1.29, 1.82) is 0 Å². The molecule has 0 saturated heterocycles. The molecule has 1 aliphatic rings. The molecule has 0 bridgehead atoms. The first-order valence-corrected chi connectivity index (χ1v) is 18.2. The molecule has 1 atom stereocenters. The Morgan fingerprint density at radius 3 is 2.12 bits per heavy atom. The van der Waals surface area contributed by atoms with Crippen LogP contribution in [0.15, 0.2) is 108 Å². The minimum absolute atomic E-state index is 0.00823. The first-order chi connectivity index (χ1) is 23.7. The van der Waals surface area contributed by atoms with Crippen molar-refractivity contribution in [2.24, 2.45) is 0 Å². The number of carbonyl (C=O) groups excluding carboxylic acids is 2. The van der Waals surface area contributed by atoms with Crippen LogP contribution in [0.2, 0.25) is 5.02 Å². The fraction of sp³-hybridized carbons (Fsp3) is 0.316. The molecule has 11 heteroatoms. The van der Waals surface area contributed by atoms with Gasteiger partial charge < -0.3 is 19.7 Å². The van der Waals surface area contributed by atoms with Gasteiger partial charge >= 0.3 is 0 Å². The summed E-state index contributed by atoms with van der Waals surface area (Å²) in [4.78, 5) is 30.3. The average molecular weight is 704 g/mol. The van der Waals surface area contributed by atoms with E-state index < -0.39 is 28.5 Å². The van der Waals surface area contributed by atoms with Crippen LogP contribution in [0.5, 0.6) is 11.5 Å². The average Bonchev–Trinajstić information content (AvgIpc) is 3.12. The number of sulfonamides is 1. The van der Waals surface area contributed by atoms with Crippen molar-refractivity contribution in [2.75, 3.05) is 25.1 Å². The number of para-hydroxylation sites is 1. The number of hydrogen-bond acceptors (Lipinski definition) is 6. The van der Waals surface area contributed by atoms with Crippen LogP contribution in [0.4, 0.5) is 5.69 Å². The summed E-state index contributed by atoms with van der Waals surface area (Å²) in [6.45, 7) is -0.530. The zero-order chi connectivity index (χ0) is 34.8. The van der Waals surface area contributed by atoms with Gasteiger partial charge in [-0.15, -0.1) is 0 Å². The van der Waals surface area contributed by atoms with Crippen LogP contribution in [0.25, 0.3) is 0 Å². The van der Waals surface area contributed by atoms with Gasteiger partial charge in [-0.2, -0.15) is 0 Å². The summed E-state index contributed by atoms with van der Waals surface area (Å²) in [5, 5.41) is 3.70. The first kappa shape index (κ1) is 35.8. The van der Waals surface area contributed by atoms with E-state index in [1.165, 1.54) is 37.3 Å². The van der Waals surface area contributed by atoms with Gasteiger partial charge in [0.05, 0.1) is 24.8 Å². The lowest BCUT2D eigenvalue weighted by atomic mass is 9.94. The maximum Gasteiger partial charge on any atom is 0.264 e. The number of carbonyl (C=O) groups is 2. The molecule has 0 heterocycles. The Balaban J connectivity index is 1.56. The number of methoxy groups -OCH3 is 2. The molecule has 0 spiro atoms. The van der Waals surface area contributed by atoms with Crippen molar-refractivity contribution in [3.8, 4) is 11.5 Å². The summed E-state index contributed by atoms with van der Waals surface area (Å²) >= 11 is 6.36. The minimum atomic E-state index is -4.32. The molecule has 0 radical (unpaired) electrons. The van der Waals surface area contributed by atoms with E-state index in [2.05, 4.69) is 5.32 Å². The highest BCUT2D eigenvalue weighted by atomic mass is 35.5. The van der Waals surface area contributed by atoms with Crippen LogP contribution >= 0.6 is 11.6 Å². The lowest BCUT2D eigenvalue weighted by molar-refractivity contribution is -0.140. The number of nitrogens with one attached hydrogen (secondary N) is 1. The normalized spacial score (nSPS) is 14.0. The fourth-order valence-corrected chi connectivity index (χ4v) is 7.80. The van der Waals surface area contributed by atoms with Crippen LogP contribution in [-0.4, -0.2) is 58.0 Å². The highest BCUT2D eigenvalue weighted by Gasteiger charge is 2.35. The predicted molar refractivity (Wildman–Crippen MR) is 191 cm³/mol. The van der Waals surface area contributed by atoms with Crippen molar-refractivity contribution < 1.29 is 27.5 Å². The van der Waals surface area contributed by atoms with Gasteiger partial charge in [0.1, 0.15) is 12.6 Å². The van der Waals surface area contributed by atoms with Crippen LogP contribution in [-0.2, 0) is 32.6 Å². The summed E-state index contributed by atoms with van der Waals surface area (Å²) in [6, 6.07) is 28.4. The topological polar surface area (TPSA) is 105 Å². The second-order valence-corrected chi connectivity index (χ2v) is 14.4. The van der Waals surface area contributed by atoms with Gasteiger partial charge in [0, 0.05) is 30.1 Å². The number of halogens is 1. The molecule has 1 fully saturated rings. The van der Waals surface area contributed by atoms with Gasteiger partial charge in [0.15, 0.2) is 11.5 Å². The highest BCUT2D eigenvalue weighted by Crippen LogP contribution is 2.32. The third-order valence-corrected chi connectivity index (χ3v) is 10.7. The SMILES string of the molecule is COc1ccc(S(=O)(=O)N(CC(=O)N(Cc2cccc(Cl)c2)C(Cc2ccccc2)C(=O)NC2CCCCC2)c2ccccc2)cc1OC. The Kier molecular flexibility index (Phi) is 12.2. The number of amides is 2. The van der Waals surface area contributed by atoms with Gasteiger partial charge in [0.25, 0.3) is 10.0 Å². The van der Waals surface area contributed by atoms with Crippen molar-refractivity contribution in [2.45, 2.75) is 62.0 Å². The molecular weight excluding hydrogens is 662 g/mol. The zero-order valence-electron chi connectivity index (χ0n) is 27.8. The molecule has 1 aliphatic carbocycles. The third kappa shape index (κ3) is 9.13. The van der Waals surface area contributed by atoms with E-state index in [1.54, 1.807) is 48.5 Å². The van der Waals surface area contributed by atoms with Gasteiger partial charge in [0.2, 0.25) is 11.8 Å². The Morgan fingerprint density at radius 1 is 0.816 bits per heavy atom. The molecule has 9 nitrogen and oxygen atoms in total. The summed E-state index contributed by atoms with van der Waals surface area (Å²) in [7, 11) is -1.43. The Morgan fingerprint density at radius 2 is 1.47 bits per heavy atom. The molecule has 2 amide bonds. The number of anilines is 1. The monoisotopic (exact) mass is 703 g/mol. The van der Waals surface area contributed by atoms with Crippen molar-refractivity contribution >= 4 is 39.1 Å². The largest absolute Gasteiger partial charge is 0.493 e. The van der Waals surface area contributed by atoms with Crippen molar-refractivity contribution in [3.63, 3.8) is 0 Å². The second-order valence-electron chi connectivity index (χ2n) is 12.1. The lowest BCUT2D eigenvalue weighted by Crippen LogP contribution is -2.55. The molecule has 4 aromatic carbocycles. The molecule has 1 unspecified atom stereocenters. The third-order valence-electron chi connectivity index (χ3n) is 8.73. The van der Waals surface area contributed by atoms with E-state index in [0.29, 0.717) is 22.0 Å². The molecule has 49 heavy (non-hydrogen) atoms. The summed E-state index contributed by atoms with van der Waals surface area (Å²) < 4.78 is 40.5. The summed E-state index contributed by atoms with van der Waals surface area (Å²) in [5.41, 5.74) is 1.87. The molecule has 1 N–H and O–H groups in total. The van der Waals surface area contributed by atoms with Crippen LogP contribution in [0.3, 0.4) is 0 Å². The molecule has 0 aliphatic heterocycles. The van der Waals surface area contributed by atoms with Gasteiger partial charge in [-0.05, 0) is 60.4 Å². The van der Waals surface area contributed by atoms with E-state index in [4.69, 9.17) is 21.1 Å². The van der Waals surface area contributed by atoms with E-state index >= 15 is 0 Å². The number of hydrogen-bond donors (Lipinski definition) is 1.